The van der Waals surface area contributed by atoms with Crippen molar-refractivity contribution in [2.45, 2.75) is 43.4 Å². The highest BCUT2D eigenvalue weighted by Gasteiger charge is 2.41. The molecule has 1 saturated heterocycles. The van der Waals surface area contributed by atoms with Crippen LogP contribution in [0.4, 0.5) is 17.6 Å². The van der Waals surface area contributed by atoms with Crippen molar-refractivity contribution < 1.29 is 37.3 Å². The molecule has 4 rings (SSSR count). The van der Waals surface area contributed by atoms with Gasteiger partial charge >= 0.3 is 5.97 Å². The summed E-state index contributed by atoms with van der Waals surface area (Å²) in [5, 5.41) is 20.4. The predicted molar refractivity (Wildman–Crippen MR) is 140 cm³/mol. The number of aromatic nitrogens is 1. The van der Waals surface area contributed by atoms with Gasteiger partial charge in [-0.05, 0) is 57.0 Å². The predicted octanol–water partition coefficient (Wildman–Crippen LogP) is 5.90. The van der Waals surface area contributed by atoms with Crippen molar-refractivity contribution in [1.29, 1.82) is 0 Å². The highest BCUT2D eigenvalue weighted by atomic mass is 32.2. The number of carboxylic acids is 1. The number of halogens is 4. The van der Waals surface area contributed by atoms with Crippen LogP contribution in [0.15, 0.2) is 41.4 Å². The van der Waals surface area contributed by atoms with E-state index in [4.69, 9.17) is 4.74 Å². The molecule has 1 aliphatic heterocycles. The van der Waals surface area contributed by atoms with E-state index in [1.165, 1.54) is 13.3 Å². The number of thioether (sulfide) groups is 1. The van der Waals surface area contributed by atoms with Gasteiger partial charge in [0.05, 0.1) is 29.5 Å². The summed E-state index contributed by atoms with van der Waals surface area (Å²) < 4.78 is 61.9. The summed E-state index contributed by atoms with van der Waals surface area (Å²) in [4.78, 5) is 18.4. The van der Waals surface area contributed by atoms with Crippen LogP contribution in [-0.4, -0.2) is 58.6 Å². The standard InChI is InChI=1S/C28H30F4N2O4S/c1-38-19-2-3-24-20(14-19)25(17(16-35)15-33-24)21(30)4-5-28(27(36)37)6-8-34(9-7-28)10-11-39-26-22(31)12-18(29)13-23(26)32/h2-3,12-15,21,35H,4-11,16H2,1H3,(H,36,37)/t21-/m1/s1. The van der Waals surface area contributed by atoms with Gasteiger partial charge in [0, 0.05) is 47.1 Å². The summed E-state index contributed by atoms with van der Waals surface area (Å²) in [6, 6.07) is 6.36. The van der Waals surface area contributed by atoms with Crippen LogP contribution in [0.25, 0.3) is 10.9 Å². The maximum absolute atomic E-state index is 15.8. The molecule has 2 N–H and O–H groups in total. The Labute approximate surface area is 228 Å². The van der Waals surface area contributed by atoms with Crippen LogP contribution < -0.4 is 4.74 Å². The minimum Gasteiger partial charge on any atom is -0.497 e. The number of aliphatic hydroxyl groups excluding tert-OH is 1. The number of nitrogens with zero attached hydrogens (tertiary/aromatic N) is 2. The zero-order valence-electron chi connectivity index (χ0n) is 21.4. The number of carbonyl (C=O) groups is 1. The van der Waals surface area contributed by atoms with E-state index in [1.807, 2.05) is 4.90 Å². The normalized spacial score (nSPS) is 16.4. The molecule has 1 aromatic heterocycles. The summed E-state index contributed by atoms with van der Waals surface area (Å²) in [6.45, 7) is 0.941. The van der Waals surface area contributed by atoms with Gasteiger partial charge in [-0.25, -0.2) is 17.6 Å². The van der Waals surface area contributed by atoms with E-state index in [2.05, 4.69) is 4.98 Å². The Balaban J connectivity index is 1.39. The van der Waals surface area contributed by atoms with Gasteiger partial charge < -0.3 is 19.8 Å². The number of alkyl halides is 1. The maximum atomic E-state index is 15.8. The molecule has 0 saturated carbocycles. The number of piperidine rings is 1. The molecule has 1 aliphatic rings. The lowest BCUT2D eigenvalue weighted by Gasteiger charge is -2.39. The first-order valence-electron chi connectivity index (χ1n) is 12.6. The van der Waals surface area contributed by atoms with Crippen molar-refractivity contribution in [3.63, 3.8) is 0 Å². The molecule has 0 unspecified atom stereocenters. The van der Waals surface area contributed by atoms with Gasteiger partial charge in [0.1, 0.15) is 29.4 Å². The Hall–Kier alpha value is -2.89. The van der Waals surface area contributed by atoms with Gasteiger partial charge in [-0.2, -0.15) is 0 Å². The van der Waals surface area contributed by atoms with Crippen molar-refractivity contribution >= 4 is 28.6 Å². The lowest BCUT2D eigenvalue weighted by atomic mass is 9.74. The largest absolute Gasteiger partial charge is 0.497 e. The van der Waals surface area contributed by atoms with Crippen LogP contribution >= 0.6 is 11.8 Å². The minimum atomic E-state index is -1.52. The van der Waals surface area contributed by atoms with Crippen molar-refractivity contribution in [2.75, 3.05) is 32.5 Å². The van der Waals surface area contributed by atoms with E-state index in [0.29, 0.717) is 72.6 Å². The van der Waals surface area contributed by atoms with Gasteiger partial charge in [0.25, 0.3) is 0 Å². The number of likely N-dealkylation sites (tertiary alicyclic amines) is 1. The van der Waals surface area contributed by atoms with E-state index in [9.17, 15) is 28.2 Å². The molecule has 1 fully saturated rings. The van der Waals surface area contributed by atoms with Crippen molar-refractivity contribution in [1.82, 2.24) is 9.88 Å². The van der Waals surface area contributed by atoms with Crippen molar-refractivity contribution in [2.24, 2.45) is 5.41 Å². The number of carboxylic acid groups (broad SMARTS) is 1. The lowest BCUT2D eigenvalue weighted by Crippen LogP contribution is -2.45. The highest BCUT2D eigenvalue weighted by Crippen LogP contribution is 2.41. The number of rotatable bonds is 11. The van der Waals surface area contributed by atoms with Crippen LogP contribution in [0.5, 0.6) is 5.75 Å². The fourth-order valence-electron chi connectivity index (χ4n) is 5.12. The van der Waals surface area contributed by atoms with Gasteiger partial charge in [-0.1, -0.05) is 0 Å². The van der Waals surface area contributed by atoms with Crippen LogP contribution in [0.1, 0.15) is 43.0 Å². The Morgan fingerprint density at radius 2 is 1.87 bits per heavy atom. The Bertz CT molecular complexity index is 1310. The summed E-state index contributed by atoms with van der Waals surface area (Å²) in [7, 11) is 1.50. The molecule has 210 valence electrons. The second-order valence-corrected chi connectivity index (χ2v) is 10.8. The number of pyridine rings is 1. The molecule has 0 amide bonds. The quantitative estimate of drug-likeness (QED) is 0.221. The summed E-state index contributed by atoms with van der Waals surface area (Å²) in [6.07, 6.45) is 0.582. The molecule has 11 heteroatoms. The zero-order chi connectivity index (χ0) is 28.2. The zero-order valence-corrected chi connectivity index (χ0v) is 22.2. The molecule has 0 bridgehead atoms. The number of ether oxygens (including phenoxy) is 1. The average molecular weight is 567 g/mol. The van der Waals surface area contributed by atoms with Gasteiger partial charge in [-0.15, -0.1) is 11.8 Å². The van der Waals surface area contributed by atoms with E-state index in [0.717, 1.165) is 11.8 Å². The first-order chi connectivity index (χ1) is 18.7. The molecule has 2 heterocycles. The molecule has 0 radical (unpaired) electrons. The topological polar surface area (TPSA) is 82.9 Å². The molecule has 3 aromatic rings. The molecular weight excluding hydrogens is 536 g/mol. The molecule has 39 heavy (non-hydrogen) atoms. The van der Waals surface area contributed by atoms with Crippen molar-refractivity contribution in [3.8, 4) is 5.75 Å². The van der Waals surface area contributed by atoms with E-state index in [1.54, 1.807) is 18.2 Å². The lowest BCUT2D eigenvalue weighted by molar-refractivity contribution is -0.153. The fourth-order valence-corrected chi connectivity index (χ4v) is 6.07. The van der Waals surface area contributed by atoms with Gasteiger partial charge in [0.2, 0.25) is 0 Å². The Morgan fingerprint density at radius 1 is 1.18 bits per heavy atom. The van der Waals surface area contributed by atoms with Crippen LogP contribution in [0.3, 0.4) is 0 Å². The summed E-state index contributed by atoms with van der Waals surface area (Å²) in [5.41, 5.74) is 0.0686. The summed E-state index contributed by atoms with van der Waals surface area (Å²) in [5.74, 6) is -3.00. The second-order valence-electron chi connectivity index (χ2n) is 9.72. The van der Waals surface area contributed by atoms with Crippen LogP contribution in [-0.2, 0) is 11.4 Å². The number of hydrogen-bond donors (Lipinski definition) is 2. The first kappa shape index (κ1) is 29.1. The number of hydrogen-bond acceptors (Lipinski definition) is 6. The molecule has 1 atom stereocenters. The third-order valence-corrected chi connectivity index (χ3v) is 8.51. The molecule has 0 aliphatic carbocycles. The number of fused-ring (bicyclic) bond motifs is 1. The van der Waals surface area contributed by atoms with Gasteiger partial charge in [-0.3, -0.25) is 9.78 Å². The number of methoxy groups -OCH3 is 1. The Morgan fingerprint density at radius 3 is 2.49 bits per heavy atom. The molecule has 0 spiro atoms. The van der Waals surface area contributed by atoms with Crippen molar-refractivity contribution in [3.05, 3.63) is 65.1 Å². The number of aliphatic carboxylic acids is 1. The number of aliphatic hydroxyl groups is 1. The van der Waals surface area contributed by atoms with Gasteiger partial charge in [0.15, 0.2) is 0 Å². The minimum absolute atomic E-state index is 0.0470. The van der Waals surface area contributed by atoms with E-state index < -0.39 is 41.6 Å². The van der Waals surface area contributed by atoms with E-state index >= 15 is 4.39 Å². The average Bonchev–Trinajstić information content (AvgIpc) is 2.92. The monoisotopic (exact) mass is 566 g/mol. The Kier molecular flexibility index (Phi) is 9.35. The smallest absolute Gasteiger partial charge is 0.309 e. The third-order valence-electron chi connectivity index (χ3n) is 7.44. The second kappa shape index (κ2) is 12.5. The SMILES string of the molecule is COc1ccc2ncc(CO)c([C@H](F)CCC3(C(=O)O)CCN(CCSc4c(F)cc(F)cc4F)CC3)c2c1. The number of benzene rings is 2. The first-order valence-corrected chi connectivity index (χ1v) is 13.6. The maximum Gasteiger partial charge on any atom is 0.309 e. The third kappa shape index (κ3) is 6.47. The molecular formula is C28H30F4N2O4S. The fraction of sp³-hybridized carbons (Fsp3) is 0.429. The van der Waals surface area contributed by atoms with E-state index in [-0.39, 0.29) is 23.3 Å². The molecule has 6 nitrogen and oxygen atoms in total. The highest BCUT2D eigenvalue weighted by molar-refractivity contribution is 7.99. The summed E-state index contributed by atoms with van der Waals surface area (Å²) >= 11 is 0.942. The van der Waals surface area contributed by atoms with Crippen LogP contribution in [0.2, 0.25) is 0 Å². The molecule has 2 aromatic carbocycles. The van der Waals surface area contributed by atoms with Crippen LogP contribution in [0, 0.1) is 22.9 Å².